The Kier molecular flexibility index (Phi) is 4.39. The van der Waals surface area contributed by atoms with Gasteiger partial charge in [0.2, 0.25) is 0 Å². The Hall–Kier alpha value is -2.24. The number of esters is 1. The monoisotopic (exact) mass is 337 g/mol. The largest absolute Gasteiger partial charge is 0.465 e. The van der Waals surface area contributed by atoms with Crippen molar-refractivity contribution in [3.63, 3.8) is 0 Å². The molecule has 24 heavy (non-hydrogen) atoms. The lowest BCUT2D eigenvalue weighted by molar-refractivity contribution is -0.179. The second kappa shape index (κ2) is 6.34. The lowest BCUT2D eigenvalue weighted by Gasteiger charge is -2.35. The average Bonchev–Trinajstić information content (AvgIpc) is 2.59. The van der Waals surface area contributed by atoms with E-state index < -0.39 is 18.1 Å². The summed E-state index contributed by atoms with van der Waals surface area (Å²) in [5.74, 6) is -1.62. The highest BCUT2D eigenvalue weighted by Gasteiger charge is 2.41. The first-order valence-electron chi connectivity index (χ1n) is 7.83. The normalized spacial score (nSPS) is 16.4. The number of anilines is 1. The first-order valence-corrected chi connectivity index (χ1v) is 7.83. The number of fused-ring (bicyclic) bond motifs is 1. The number of alkyl halides is 3. The van der Waals surface area contributed by atoms with E-state index in [1.165, 1.54) is 7.11 Å². The van der Waals surface area contributed by atoms with Gasteiger partial charge in [-0.3, -0.25) is 0 Å². The third-order valence-corrected chi connectivity index (χ3v) is 4.58. The Bertz CT molecular complexity index is 750. The number of halogens is 3. The molecule has 2 aromatic rings. The van der Waals surface area contributed by atoms with E-state index in [-0.39, 0.29) is 12.8 Å². The molecule has 3 nitrogen and oxygen atoms in total. The molecule has 3 rings (SSSR count). The van der Waals surface area contributed by atoms with E-state index >= 15 is 0 Å². The average molecular weight is 337 g/mol. The predicted molar refractivity (Wildman–Crippen MR) is 86.3 cm³/mol. The van der Waals surface area contributed by atoms with Crippen LogP contribution in [0, 0.1) is 5.92 Å². The zero-order chi connectivity index (χ0) is 17.3. The number of hydrogen-bond donors (Lipinski definition) is 0. The van der Waals surface area contributed by atoms with Crippen LogP contribution in [0.15, 0.2) is 36.4 Å². The zero-order valence-electron chi connectivity index (χ0n) is 13.3. The number of piperidine rings is 1. The van der Waals surface area contributed by atoms with Gasteiger partial charge >= 0.3 is 12.1 Å². The lowest BCUT2D eigenvalue weighted by Crippen LogP contribution is -2.39. The number of hydrogen-bond acceptors (Lipinski definition) is 3. The summed E-state index contributed by atoms with van der Waals surface area (Å²) in [5, 5.41) is 1.80. The third kappa shape index (κ3) is 3.18. The van der Waals surface area contributed by atoms with Gasteiger partial charge in [-0.05, 0) is 36.4 Å². The van der Waals surface area contributed by atoms with E-state index in [9.17, 15) is 18.0 Å². The molecule has 1 heterocycles. The van der Waals surface area contributed by atoms with Crippen LogP contribution in [-0.2, 0) is 4.74 Å². The summed E-state index contributed by atoms with van der Waals surface area (Å²) in [4.78, 5) is 13.6. The minimum Gasteiger partial charge on any atom is -0.465 e. The minimum atomic E-state index is -4.11. The van der Waals surface area contributed by atoms with Gasteiger partial charge in [-0.2, -0.15) is 13.2 Å². The van der Waals surface area contributed by atoms with E-state index in [2.05, 4.69) is 0 Å². The van der Waals surface area contributed by atoms with Crippen molar-refractivity contribution in [1.82, 2.24) is 0 Å². The number of carbonyl (C=O) groups is 1. The molecule has 1 fully saturated rings. The second-order valence-corrected chi connectivity index (χ2v) is 6.01. The van der Waals surface area contributed by atoms with Gasteiger partial charge in [0.15, 0.2) is 0 Å². The molecule has 0 N–H and O–H groups in total. The smallest absolute Gasteiger partial charge is 0.391 e. The standard InChI is InChI=1S/C18H18F3NO2/c1-24-17(23)13-5-6-15-12(11-13)3-2-4-16(15)22-9-7-14(8-10-22)18(19,20)21/h2-6,11,14H,7-10H2,1H3. The van der Waals surface area contributed by atoms with Gasteiger partial charge in [0.05, 0.1) is 18.6 Å². The highest BCUT2D eigenvalue weighted by atomic mass is 19.4. The van der Waals surface area contributed by atoms with Crippen molar-refractivity contribution in [3.8, 4) is 0 Å². The summed E-state index contributed by atoms with van der Waals surface area (Å²) >= 11 is 0. The molecule has 1 saturated heterocycles. The summed E-state index contributed by atoms with van der Waals surface area (Å²) in [6.07, 6.45) is -3.89. The van der Waals surface area contributed by atoms with Gasteiger partial charge in [0.25, 0.3) is 0 Å². The highest BCUT2D eigenvalue weighted by molar-refractivity contribution is 6.00. The molecule has 2 aromatic carbocycles. The lowest BCUT2D eigenvalue weighted by atomic mass is 9.95. The first kappa shape index (κ1) is 16.6. The van der Waals surface area contributed by atoms with Crippen molar-refractivity contribution in [2.75, 3.05) is 25.1 Å². The molecule has 0 amide bonds. The van der Waals surface area contributed by atoms with E-state index in [1.807, 2.05) is 29.2 Å². The van der Waals surface area contributed by atoms with Crippen molar-refractivity contribution < 1.29 is 22.7 Å². The third-order valence-electron chi connectivity index (χ3n) is 4.58. The van der Waals surface area contributed by atoms with Crippen LogP contribution in [-0.4, -0.2) is 32.3 Å². The highest BCUT2D eigenvalue weighted by Crippen LogP contribution is 2.37. The topological polar surface area (TPSA) is 29.5 Å². The summed E-state index contributed by atoms with van der Waals surface area (Å²) in [6.45, 7) is 0.754. The fourth-order valence-electron chi connectivity index (χ4n) is 3.23. The van der Waals surface area contributed by atoms with Crippen molar-refractivity contribution >= 4 is 22.4 Å². The Morgan fingerprint density at radius 1 is 1.17 bits per heavy atom. The van der Waals surface area contributed by atoms with E-state index in [0.29, 0.717) is 18.7 Å². The fraction of sp³-hybridized carbons (Fsp3) is 0.389. The van der Waals surface area contributed by atoms with Gasteiger partial charge in [-0.15, -0.1) is 0 Å². The molecule has 0 radical (unpaired) electrons. The Morgan fingerprint density at radius 2 is 1.88 bits per heavy atom. The van der Waals surface area contributed by atoms with Gasteiger partial charge in [0.1, 0.15) is 0 Å². The molecule has 0 bridgehead atoms. The fourth-order valence-corrected chi connectivity index (χ4v) is 3.23. The molecular weight excluding hydrogens is 319 g/mol. The molecule has 1 aliphatic rings. The van der Waals surface area contributed by atoms with E-state index in [1.54, 1.807) is 12.1 Å². The molecule has 0 unspecified atom stereocenters. The molecule has 128 valence electrons. The Labute approximate surface area is 138 Å². The Morgan fingerprint density at radius 3 is 2.50 bits per heavy atom. The van der Waals surface area contributed by atoms with Crippen LogP contribution in [0.2, 0.25) is 0 Å². The van der Waals surface area contributed by atoms with Gasteiger partial charge in [0, 0.05) is 24.2 Å². The number of methoxy groups -OCH3 is 1. The van der Waals surface area contributed by atoms with Crippen molar-refractivity contribution in [2.45, 2.75) is 19.0 Å². The van der Waals surface area contributed by atoms with Crippen LogP contribution < -0.4 is 4.90 Å². The number of nitrogens with zero attached hydrogens (tertiary/aromatic N) is 1. The second-order valence-electron chi connectivity index (χ2n) is 6.01. The van der Waals surface area contributed by atoms with E-state index in [4.69, 9.17) is 4.74 Å². The van der Waals surface area contributed by atoms with Crippen LogP contribution in [0.25, 0.3) is 10.8 Å². The number of benzene rings is 2. The van der Waals surface area contributed by atoms with Crippen LogP contribution in [0.4, 0.5) is 18.9 Å². The summed E-state index contributed by atoms with van der Waals surface area (Å²) in [5.41, 5.74) is 1.36. The number of carbonyl (C=O) groups excluding carboxylic acids is 1. The van der Waals surface area contributed by atoms with Crippen LogP contribution in [0.3, 0.4) is 0 Å². The Balaban J connectivity index is 1.87. The van der Waals surface area contributed by atoms with Crippen molar-refractivity contribution in [1.29, 1.82) is 0 Å². The molecule has 0 atom stereocenters. The summed E-state index contributed by atoms with van der Waals surface area (Å²) < 4.78 is 43.2. The van der Waals surface area contributed by atoms with E-state index in [0.717, 1.165) is 16.5 Å². The molecule has 6 heteroatoms. The van der Waals surface area contributed by atoms with Gasteiger partial charge < -0.3 is 9.64 Å². The molecular formula is C18H18F3NO2. The number of ether oxygens (including phenoxy) is 1. The van der Waals surface area contributed by atoms with Crippen molar-refractivity contribution in [2.24, 2.45) is 5.92 Å². The van der Waals surface area contributed by atoms with Crippen LogP contribution in [0.1, 0.15) is 23.2 Å². The van der Waals surface area contributed by atoms with Crippen molar-refractivity contribution in [3.05, 3.63) is 42.0 Å². The van der Waals surface area contributed by atoms with Gasteiger partial charge in [-0.1, -0.05) is 18.2 Å². The molecule has 1 aliphatic heterocycles. The minimum absolute atomic E-state index is 0.111. The quantitative estimate of drug-likeness (QED) is 0.761. The molecule has 0 saturated carbocycles. The van der Waals surface area contributed by atoms with Gasteiger partial charge in [-0.25, -0.2) is 4.79 Å². The molecule has 0 spiro atoms. The van der Waals surface area contributed by atoms with Crippen LogP contribution in [0.5, 0.6) is 0 Å². The molecule has 0 aliphatic carbocycles. The maximum atomic E-state index is 12.8. The predicted octanol–water partition coefficient (Wildman–Crippen LogP) is 4.41. The maximum absolute atomic E-state index is 12.8. The molecule has 0 aromatic heterocycles. The zero-order valence-corrected chi connectivity index (χ0v) is 13.3. The first-order chi connectivity index (χ1) is 11.4. The number of rotatable bonds is 2. The summed E-state index contributed by atoms with van der Waals surface area (Å²) in [7, 11) is 1.33. The maximum Gasteiger partial charge on any atom is 0.391 e. The van der Waals surface area contributed by atoms with Crippen LogP contribution >= 0.6 is 0 Å². The summed E-state index contributed by atoms with van der Waals surface area (Å²) in [6, 6.07) is 10.9. The SMILES string of the molecule is COC(=O)c1ccc2c(N3CCC(C(F)(F)F)CC3)cccc2c1.